The molecule has 0 heterocycles. The number of Topliss-reactive ketones (excluding diaryl/α,β-unsaturated/α-hetero) is 1. The number of hydrogen-bond acceptors (Lipinski definition) is 3. The predicted molar refractivity (Wildman–Crippen MR) is 69.8 cm³/mol. The van der Waals surface area contributed by atoms with Crippen molar-refractivity contribution in [1.82, 2.24) is 0 Å². The third kappa shape index (κ3) is 2.78. The zero-order chi connectivity index (χ0) is 13.8. The summed E-state index contributed by atoms with van der Waals surface area (Å²) in [5.74, 6) is -2.01. The SMILES string of the molecule is CCOC(=O)C(F)C(=O)c1ccc2ccccc2c1. The molecule has 19 heavy (non-hydrogen) atoms. The number of hydrogen-bond donors (Lipinski definition) is 0. The van der Waals surface area contributed by atoms with Crippen LogP contribution in [0.1, 0.15) is 17.3 Å². The van der Waals surface area contributed by atoms with Crippen LogP contribution in [-0.2, 0) is 9.53 Å². The van der Waals surface area contributed by atoms with E-state index in [0.717, 1.165) is 10.8 Å². The van der Waals surface area contributed by atoms with E-state index in [-0.39, 0.29) is 12.2 Å². The summed E-state index contributed by atoms with van der Waals surface area (Å²) < 4.78 is 18.1. The van der Waals surface area contributed by atoms with E-state index in [1.807, 2.05) is 24.3 Å². The van der Waals surface area contributed by atoms with Gasteiger partial charge < -0.3 is 4.74 Å². The number of ether oxygens (including phenoxy) is 1. The van der Waals surface area contributed by atoms with Crippen molar-refractivity contribution in [1.29, 1.82) is 0 Å². The average Bonchev–Trinajstić information content (AvgIpc) is 2.45. The second kappa shape index (κ2) is 5.61. The molecule has 0 saturated heterocycles. The van der Waals surface area contributed by atoms with Crippen molar-refractivity contribution in [3.63, 3.8) is 0 Å². The van der Waals surface area contributed by atoms with Crippen LogP contribution in [0.4, 0.5) is 4.39 Å². The maximum absolute atomic E-state index is 13.6. The van der Waals surface area contributed by atoms with Crippen LogP contribution >= 0.6 is 0 Å². The molecule has 0 spiro atoms. The van der Waals surface area contributed by atoms with Crippen molar-refractivity contribution in [3.8, 4) is 0 Å². The van der Waals surface area contributed by atoms with Gasteiger partial charge in [0, 0.05) is 5.56 Å². The Morgan fingerprint density at radius 1 is 1.16 bits per heavy atom. The summed E-state index contributed by atoms with van der Waals surface area (Å²) in [6, 6.07) is 12.2. The Kier molecular flexibility index (Phi) is 3.90. The largest absolute Gasteiger partial charge is 0.463 e. The Hall–Kier alpha value is -2.23. The molecule has 4 heteroatoms. The zero-order valence-electron chi connectivity index (χ0n) is 10.4. The van der Waals surface area contributed by atoms with Crippen molar-refractivity contribution in [3.05, 3.63) is 48.0 Å². The Labute approximate surface area is 110 Å². The highest BCUT2D eigenvalue weighted by Crippen LogP contribution is 2.17. The number of esters is 1. The first-order chi connectivity index (χ1) is 9.13. The highest BCUT2D eigenvalue weighted by atomic mass is 19.1. The fourth-order valence-electron chi connectivity index (χ4n) is 1.81. The van der Waals surface area contributed by atoms with Crippen molar-refractivity contribution in [2.75, 3.05) is 6.61 Å². The van der Waals surface area contributed by atoms with Gasteiger partial charge >= 0.3 is 5.97 Å². The lowest BCUT2D eigenvalue weighted by Gasteiger charge is -2.07. The van der Waals surface area contributed by atoms with Crippen LogP contribution < -0.4 is 0 Å². The molecule has 0 saturated carbocycles. The van der Waals surface area contributed by atoms with E-state index in [2.05, 4.69) is 4.74 Å². The Bertz CT molecular complexity index is 622. The summed E-state index contributed by atoms with van der Waals surface area (Å²) in [5, 5.41) is 1.77. The quantitative estimate of drug-likeness (QED) is 0.482. The Morgan fingerprint density at radius 2 is 1.84 bits per heavy atom. The van der Waals surface area contributed by atoms with E-state index < -0.39 is 17.9 Å². The van der Waals surface area contributed by atoms with Crippen molar-refractivity contribution >= 4 is 22.5 Å². The van der Waals surface area contributed by atoms with Crippen molar-refractivity contribution in [2.45, 2.75) is 13.1 Å². The molecule has 0 aromatic heterocycles. The van der Waals surface area contributed by atoms with Crippen LogP contribution in [0, 0.1) is 0 Å². The molecule has 0 radical (unpaired) electrons. The number of carbonyl (C=O) groups excluding carboxylic acids is 2. The van der Waals surface area contributed by atoms with E-state index >= 15 is 0 Å². The van der Waals surface area contributed by atoms with Gasteiger partial charge in [-0.15, -0.1) is 0 Å². The fourth-order valence-corrected chi connectivity index (χ4v) is 1.81. The number of benzene rings is 2. The molecule has 2 rings (SSSR count). The molecular weight excluding hydrogens is 247 g/mol. The third-order valence-electron chi connectivity index (χ3n) is 2.76. The smallest absolute Gasteiger partial charge is 0.348 e. The van der Waals surface area contributed by atoms with Gasteiger partial charge in [-0.2, -0.15) is 0 Å². The molecule has 3 nitrogen and oxygen atoms in total. The van der Waals surface area contributed by atoms with Gasteiger partial charge in [-0.25, -0.2) is 9.18 Å². The lowest BCUT2D eigenvalue weighted by atomic mass is 10.0. The van der Waals surface area contributed by atoms with Crippen LogP contribution in [0.2, 0.25) is 0 Å². The Balaban J connectivity index is 2.28. The number of carbonyl (C=O) groups is 2. The molecule has 2 aromatic rings. The molecule has 1 atom stereocenters. The summed E-state index contributed by atoms with van der Waals surface area (Å²) in [5.41, 5.74) is 0.166. The lowest BCUT2D eigenvalue weighted by molar-refractivity contribution is -0.147. The first kappa shape index (κ1) is 13.2. The van der Waals surface area contributed by atoms with Crippen LogP contribution in [0.3, 0.4) is 0 Å². The van der Waals surface area contributed by atoms with E-state index in [1.165, 1.54) is 6.07 Å². The van der Waals surface area contributed by atoms with E-state index in [4.69, 9.17) is 0 Å². The van der Waals surface area contributed by atoms with E-state index in [1.54, 1.807) is 19.1 Å². The minimum atomic E-state index is -2.26. The maximum Gasteiger partial charge on any atom is 0.348 e. The second-order valence-electron chi connectivity index (χ2n) is 4.04. The molecule has 0 aliphatic heterocycles. The minimum Gasteiger partial charge on any atom is -0.463 e. The van der Waals surface area contributed by atoms with Gasteiger partial charge in [0.05, 0.1) is 6.61 Å². The third-order valence-corrected chi connectivity index (χ3v) is 2.76. The van der Waals surface area contributed by atoms with Gasteiger partial charge in [0.25, 0.3) is 6.17 Å². The minimum absolute atomic E-state index is 0.0459. The standard InChI is InChI=1S/C15H13FO3/c1-2-19-15(18)13(16)14(17)12-8-7-10-5-3-4-6-11(10)9-12/h3-9,13H,2H2,1H3. The number of rotatable bonds is 4. The number of ketones is 1. The van der Waals surface area contributed by atoms with Gasteiger partial charge in [0.2, 0.25) is 5.78 Å². The fraction of sp³-hybridized carbons (Fsp3) is 0.200. The molecule has 98 valence electrons. The molecule has 1 unspecified atom stereocenters. The molecule has 2 aromatic carbocycles. The first-order valence-electron chi connectivity index (χ1n) is 5.97. The Morgan fingerprint density at radius 3 is 2.53 bits per heavy atom. The van der Waals surface area contributed by atoms with Crippen LogP contribution in [0.25, 0.3) is 10.8 Å². The van der Waals surface area contributed by atoms with Crippen LogP contribution in [-0.4, -0.2) is 24.5 Å². The van der Waals surface area contributed by atoms with Crippen molar-refractivity contribution in [2.24, 2.45) is 0 Å². The zero-order valence-corrected chi connectivity index (χ0v) is 10.4. The van der Waals surface area contributed by atoms with Crippen LogP contribution in [0.5, 0.6) is 0 Å². The molecule has 0 fully saturated rings. The molecule has 0 amide bonds. The van der Waals surface area contributed by atoms with Crippen molar-refractivity contribution < 1.29 is 18.7 Å². The predicted octanol–water partition coefficient (Wildman–Crippen LogP) is 2.92. The monoisotopic (exact) mass is 260 g/mol. The molecular formula is C15H13FO3. The molecule has 0 aliphatic carbocycles. The average molecular weight is 260 g/mol. The number of fused-ring (bicyclic) bond motifs is 1. The number of alkyl halides is 1. The second-order valence-corrected chi connectivity index (χ2v) is 4.04. The molecule has 0 bridgehead atoms. The van der Waals surface area contributed by atoms with Crippen LogP contribution in [0.15, 0.2) is 42.5 Å². The van der Waals surface area contributed by atoms with Gasteiger partial charge in [0.15, 0.2) is 0 Å². The summed E-state index contributed by atoms with van der Waals surface area (Å²) in [6.45, 7) is 1.61. The van der Waals surface area contributed by atoms with Gasteiger partial charge in [-0.05, 0) is 23.8 Å². The van der Waals surface area contributed by atoms with Gasteiger partial charge in [-0.1, -0.05) is 36.4 Å². The van der Waals surface area contributed by atoms with Gasteiger partial charge in [-0.3, -0.25) is 4.79 Å². The summed E-state index contributed by atoms with van der Waals surface area (Å²) in [7, 11) is 0. The maximum atomic E-state index is 13.6. The van der Waals surface area contributed by atoms with E-state index in [0.29, 0.717) is 0 Å². The van der Waals surface area contributed by atoms with Gasteiger partial charge in [0.1, 0.15) is 0 Å². The molecule has 0 aliphatic rings. The first-order valence-corrected chi connectivity index (χ1v) is 5.97. The summed E-state index contributed by atoms with van der Waals surface area (Å²) >= 11 is 0. The highest BCUT2D eigenvalue weighted by molar-refractivity contribution is 6.12. The van der Waals surface area contributed by atoms with E-state index in [9.17, 15) is 14.0 Å². The molecule has 0 N–H and O–H groups in total. The number of halogens is 1. The summed E-state index contributed by atoms with van der Waals surface area (Å²) in [6.07, 6.45) is -2.26. The highest BCUT2D eigenvalue weighted by Gasteiger charge is 2.28. The lowest BCUT2D eigenvalue weighted by Crippen LogP contribution is -2.27. The topological polar surface area (TPSA) is 43.4 Å². The summed E-state index contributed by atoms with van der Waals surface area (Å²) in [4.78, 5) is 23.0. The normalized spacial score (nSPS) is 12.1.